The highest BCUT2D eigenvalue weighted by atomic mass is 32.1. The number of carbonyl (C=O) groups excluding carboxylic acids is 3. The number of rotatable bonds is 6. The fourth-order valence-corrected chi connectivity index (χ4v) is 3.40. The van der Waals surface area contributed by atoms with Crippen molar-refractivity contribution in [3.63, 3.8) is 0 Å². The van der Waals surface area contributed by atoms with Crippen molar-refractivity contribution in [3.05, 3.63) is 58.7 Å². The van der Waals surface area contributed by atoms with Crippen LogP contribution < -0.4 is 24.8 Å². The van der Waals surface area contributed by atoms with Gasteiger partial charge in [0.05, 0.1) is 18.8 Å². The molecule has 2 aromatic carbocycles. The Morgan fingerprint density at radius 2 is 1.91 bits per heavy atom. The van der Waals surface area contributed by atoms with Gasteiger partial charge in [0.1, 0.15) is 11.7 Å². The van der Waals surface area contributed by atoms with Gasteiger partial charge < -0.3 is 19.4 Å². The van der Waals surface area contributed by atoms with Gasteiger partial charge in [-0.2, -0.15) is 0 Å². The molecule has 1 aliphatic heterocycles. The van der Waals surface area contributed by atoms with E-state index in [1.165, 1.54) is 37.1 Å². The summed E-state index contributed by atoms with van der Waals surface area (Å²) in [5.74, 6) is -2.13. The van der Waals surface area contributed by atoms with Crippen LogP contribution in [-0.4, -0.2) is 36.1 Å². The molecule has 2 amide bonds. The molecule has 0 spiro atoms. The lowest BCUT2D eigenvalue weighted by molar-refractivity contribution is -0.312. The van der Waals surface area contributed by atoms with Gasteiger partial charge in [0.2, 0.25) is 0 Å². The van der Waals surface area contributed by atoms with Gasteiger partial charge in [-0.05, 0) is 74.0 Å². The Balaban J connectivity index is 1.99. The first-order chi connectivity index (χ1) is 15.1. The lowest BCUT2D eigenvalue weighted by atomic mass is 10.0. The van der Waals surface area contributed by atoms with Gasteiger partial charge in [-0.1, -0.05) is 18.2 Å². The van der Waals surface area contributed by atoms with E-state index in [4.69, 9.17) is 21.7 Å². The average Bonchev–Trinajstić information content (AvgIpc) is 2.74. The Labute approximate surface area is 190 Å². The maximum absolute atomic E-state index is 13.2. The molecule has 0 radical (unpaired) electrons. The van der Waals surface area contributed by atoms with Gasteiger partial charge in [-0.15, -0.1) is 0 Å². The van der Waals surface area contributed by atoms with E-state index in [9.17, 15) is 19.5 Å². The van der Waals surface area contributed by atoms with Crippen LogP contribution in [-0.2, 0) is 14.4 Å². The van der Waals surface area contributed by atoms with E-state index >= 15 is 0 Å². The Bertz CT molecular complexity index is 1160. The monoisotopic (exact) mass is 453 g/mol. The largest absolute Gasteiger partial charge is 0.546 e. The summed E-state index contributed by atoms with van der Waals surface area (Å²) in [6.07, 6.45) is 0.220. The molecular weight excluding hydrogens is 432 g/mol. The van der Waals surface area contributed by atoms with E-state index in [1.807, 2.05) is 26.0 Å². The molecule has 1 aliphatic rings. The van der Waals surface area contributed by atoms with Crippen LogP contribution in [0.1, 0.15) is 23.6 Å². The summed E-state index contributed by atoms with van der Waals surface area (Å²) in [6, 6.07) is 10.1. The maximum Gasteiger partial charge on any atom is 0.270 e. The number of nitrogens with one attached hydrogen (secondary N) is 1. The normalized spacial score (nSPS) is 16.1. The van der Waals surface area contributed by atoms with Crippen LogP contribution in [0.5, 0.6) is 11.5 Å². The number of hydrogen-bond donors (Lipinski definition) is 1. The number of thiocarbonyl (C=S) groups is 1. The first-order valence-electron chi connectivity index (χ1n) is 9.67. The molecule has 166 valence electrons. The highest BCUT2D eigenvalue weighted by Crippen LogP contribution is 2.31. The van der Waals surface area contributed by atoms with Gasteiger partial charge in [0, 0.05) is 0 Å². The second-order valence-corrected chi connectivity index (χ2v) is 7.55. The molecule has 2 aromatic rings. The standard InChI is InChI=1S/C23H22N2O6S/c1-12-6-5-7-17(13(12)2)25-21(27)16(20(26)24-23(25)32)10-15-8-9-18(19(11-15)30-4)31-14(3)22(28)29/h5-11,14H,1-4H3,(H,28,29)(H,24,26,32)/p-1/b16-10+/t14-/m0/s1. The first-order valence-corrected chi connectivity index (χ1v) is 10.1. The molecule has 9 heteroatoms. The molecular formula is C23H21N2O6S-. The number of aliphatic carboxylic acids is 1. The minimum atomic E-state index is -1.37. The van der Waals surface area contributed by atoms with Crippen LogP contribution in [0.2, 0.25) is 0 Å². The molecule has 0 saturated carbocycles. The first kappa shape index (κ1) is 23.0. The molecule has 1 atom stereocenters. The van der Waals surface area contributed by atoms with Crippen molar-refractivity contribution >= 4 is 46.9 Å². The van der Waals surface area contributed by atoms with Crippen molar-refractivity contribution in [1.82, 2.24) is 5.32 Å². The molecule has 1 heterocycles. The lowest BCUT2D eigenvalue weighted by Gasteiger charge is -2.30. The van der Waals surface area contributed by atoms with Gasteiger partial charge in [0.15, 0.2) is 16.6 Å². The van der Waals surface area contributed by atoms with E-state index in [0.717, 1.165) is 11.1 Å². The molecule has 1 fully saturated rings. The molecule has 32 heavy (non-hydrogen) atoms. The Morgan fingerprint density at radius 3 is 2.56 bits per heavy atom. The number of carboxylic acid groups (broad SMARTS) is 1. The van der Waals surface area contributed by atoms with E-state index < -0.39 is 23.9 Å². The number of hydrogen-bond acceptors (Lipinski definition) is 7. The molecule has 8 nitrogen and oxygen atoms in total. The predicted octanol–water partition coefficient (Wildman–Crippen LogP) is 1.66. The van der Waals surface area contributed by atoms with E-state index in [-0.39, 0.29) is 22.2 Å². The van der Waals surface area contributed by atoms with Crippen molar-refractivity contribution in [3.8, 4) is 11.5 Å². The van der Waals surface area contributed by atoms with Gasteiger partial charge in [-0.25, -0.2) is 0 Å². The van der Waals surface area contributed by atoms with Crippen LogP contribution in [0, 0.1) is 13.8 Å². The smallest absolute Gasteiger partial charge is 0.270 e. The van der Waals surface area contributed by atoms with E-state index in [2.05, 4.69) is 5.32 Å². The lowest BCUT2D eigenvalue weighted by Crippen LogP contribution is -2.54. The Hall–Kier alpha value is -3.72. The zero-order chi connectivity index (χ0) is 23.6. The van der Waals surface area contributed by atoms with E-state index in [1.54, 1.807) is 12.1 Å². The maximum atomic E-state index is 13.2. The second-order valence-electron chi connectivity index (χ2n) is 7.17. The molecule has 1 N–H and O–H groups in total. The molecule has 0 aromatic heterocycles. The summed E-state index contributed by atoms with van der Waals surface area (Å²) in [7, 11) is 1.39. The summed E-state index contributed by atoms with van der Waals surface area (Å²) < 4.78 is 10.6. The molecule has 3 rings (SSSR count). The summed E-state index contributed by atoms with van der Waals surface area (Å²) in [6.45, 7) is 5.13. The van der Waals surface area contributed by atoms with Crippen molar-refractivity contribution in [2.75, 3.05) is 12.0 Å². The third-order valence-electron chi connectivity index (χ3n) is 5.05. The molecule has 1 saturated heterocycles. The number of nitrogens with zero attached hydrogens (tertiary/aromatic N) is 1. The molecule has 0 bridgehead atoms. The van der Waals surface area contributed by atoms with Gasteiger partial charge in [0.25, 0.3) is 11.8 Å². The van der Waals surface area contributed by atoms with Crippen molar-refractivity contribution < 1.29 is 29.0 Å². The molecule has 0 aliphatic carbocycles. The minimum absolute atomic E-state index is 0.00319. The van der Waals surface area contributed by atoms with Crippen LogP contribution in [0.3, 0.4) is 0 Å². The van der Waals surface area contributed by atoms with Crippen LogP contribution in [0.4, 0.5) is 5.69 Å². The number of carbonyl (C=O) groups is 3. The number of amides is 2. The third kappa shape index (κ3) is 4.47. The van der Waals surface area contributed by atoms with Crippen LogP contribution in [0.25, 0.3) is 6.08 Å². The van der Waals surface area contributed by atoms with Gasteiger partial charge in [-0.3, -0.25) is 19.8 Å². The summed E-state index contributed by atoms with van der Waals surface area (Å²) in [4.78, 5) is 38.0. The second kappa shape index (κ2) is 9.19. The van der Waals surface area contributed by atoms with Crippen LogP contribution >= 0.6 is 12.2 Å². The topological polar surface area (TPSA) is 108 Å². The number of aryl methyl sites for hydroxylation is 1. The summed E-state index contributed by atoms with van der Waals surface area (Å²) >= 11 is 5.26. The highest BCUT2D eigenvalue weighted by molar-refractivity contribution is 7.80. The fraction of sp³-hybridized carbons (Fsp3) is 0.217. The minimum Gasteiger partial charge on any atom is -0.546 e. The Morgan fingerprint density at radius 1 is 1.19 bits per heavy atom. The average molecular weight is 453 g/mol. The quantitative estimate of drug-likeness (QED) is 0.403. The highest BCUT2D eigenvalue weighted by Gasteiger charge is 2.35. The summed E-state index contributed by atoms with van der Waals surface area (Å²) in [5, 5.41) is 13.5. The van der Waals surface area contributed by atoms with E-state index in [0.29, 0.717) is 11.3 Å². The number of benzene rings is 2. The number of anilines is 1. The molecule has 0 unspecified atom stereocenters. The number of carboxylic acids is 1. The number of ether oxygens (including phenoxy) is 2. The fourth-order valence-electron chi connectivity index (χ4n) is 3.13. The number of methoxy groups -OCH3 is 1. The van der Waals surface area contributed by atoms with Gasteiger partial charge >= 0.3 is 0 Å². The zero-order valence-corrected chi connectivity index (χ0v) is 18.7. The summed E-state index contributed by atoms with van der Waals surface area (Å²) in [5.41, 5.74) is 2.79. The van der Waals surface area contributed by atoms with Crippen molar-refractivity contribution in [1.29, 1.82) is 0 Å². The SMILES string of the molecule is COc1cc(/C=C2\C(=O)NC(=S)N(c3cccc(C)c3C)C2=O)ccc1O[C@@H](C)C(=O)[O-]. The van der Waals surface area contributed by atoms with Crippen molar-refractivity contribution in [2.45, 2.75) is 26.9 Å². The van der Waals surface area contributed by atoms with Crippen molar-refractivity contribution in [2.24, 2.45) is 0 Å². The Kier molecular flexibility index (Phi) is 6.59. The zero-order valence-electron chi connectivity index (χ0n) is 17.9. The third-order valence-corrected chi connectivity index (χ3v) is 5.34. The van der Waals surface area contributed by atoms with Crippen LogP contribution in [0.15, 0.2) is 42.0 Å². The predicted molar refractivity (Wildman–Crippen MR) is 120 cm³/mol.